The molecule has 0 radical (unpaired) electrons. The first kappa shape index (κ1) is 9.78. The van der Waals surface area contributed by atoms with Crippen LogP contribution in [0.3, 0.4) is 0 Å². The Labute approximate surface area is 79.0 Å². The van der Waals surface area contributed by atoms with Crippen molar-refractivity contribution in [2.45, 2.75) is 26.3 Å². The van der Waals surface area contributed by atoms with E-state index < -0.39 is 0 Å². The maximum Gasteiger partial charge on any atom is 0.224 e. The van der Waals surface area contributed by atoms with Crippen LogP contribution in [0.15, 0.2) is 30.3 Å². The summed E-state index contributed by atoms with van der Waals surface area (Å²) >= 11 is 0. The molecule has 1 rings (SSSR count). The van der Waals surface area contributed by atoms with Crippen molar-refractivity contribution in [1.82, 2.24) is 5.32 Å². The lowest BCUT2D eigenvalue weighted by Gasteiger charge is -2.07. The van der Waals surface area contributed by atoms with Crippen molar-refractivity contribution in [1.29, 1.82) is 0 Å². The fraction of sp³-hybridized carbons (Fsp3) is 0.364. The van der Waals surface area contributed by atoms with Gasteiger partial charge in [-0.1, -0.05) is 30.3 Å². The molecule has 1 amide bonds. The van der Waals surface area contributed by atoms with E-state index in [1.165, 1.54) is 0 Å². The molecule has 0 aliphatic heterocycles. The summed E-state index contributed by atoms with van der Waals surface area (Å²) in [6.45, 7) is 3.92. The fourth-order valence-electron chi connectivity index (χ4n) is 1.15. The average molecular weight is 177 g/mol. The Hall–Kier alpha value is -1.31. The van der Waals surface area contributed by atoms with Crippen LogP contribution < -0.4 is 5.32 Å². The molecule has 1 N–H and O–H groups in total. The van der Waals surface area contributed by atoms with Crippen LogP contribution in [-0.2, 0) is 11.2 Å². The second-order valence-corrected chi connectivity index (χ2v) is 3.38. The van der Waals surface area contributed by atoms with E-state index >= 15 is 0 Å². The molecule has 2 nitrogen and oxygen atoms in total. The monoisotopic (exact) mass is 177 g/mol. The van der Waals surface area contributed by atoms with E-state index in [4.69, 9.17) is 0 Å². The van der Waals surface area contributed by atoms with Crippen molar-refractivity contribution in [3.63, 3.8) is 0 Å². The zero-order valence-electron chi connectivity index (χ0n) is 8.08. The highest BCUT2D eigenvalue weighted by atomic mass is 16.1. The van der Waals surface area contributed by atoms with Gasteiger partial charge in [-0.15, -0.1) is 0 Å². The summed E-state index contributed by atoms with van der Waals surface area (Å²) in [5.41, 5.74) is 1.06. The van der Waals surface area contributed by atoms with Crippen LogP contribution in [-0.4, -0.2) is 11.9 Å². The summed E-state index contributed by atoms with van der Waals surface area (Å²) in [5, 5.41) is 2.85. The van der Waals surface area contributed by atoms with Gasteiger partial charge in [0.15, 0.2) is 0 Å². The summed E-state index contributed by atoms with van der Waals surface area (Å²) in [7, 11) is 0. The molecular formula is C11H15NO. The maximum absolute atomic E-state index is 11.3. The molecule has 0 aliphatic rings. The number of carbonyl (C=O) groups excluding carboxylic acids is 1. The average Bonchev–Trinajstić information content (AvgIpc) is 2.04. The van der Waals surface area contributed by atoms with E-state index in [0.29, 0.717) is 6.42 Å². The highest BCUT2D eigenvalue weighted by Gasteiger charge is 2.03. The molecule has 0 heterocycles. The second-order valence-electron chi connectivity index (χ2n) is 3.38. The summed E-state index contributed by atoms with van der Waals surface area (Å²) in [6, 6.07) is 9.97. The van der Waals surface area contributed by atoms with E-state index in [2.05, 4.69) is 5.32 Å². The van der Waals surface area contributed by atoms with Crippen LogP contribution in [0.25, 0.3) is 0 Å². The molecule has 0 saturated heterocycles. The molecule has 0 unspecified atom stereocenters. The predicted octanol–water partition coefficient (Wildman–Crippen LogP) is 1.75. The van der Waals surface area contributed by atoms with Gasteiger partial charge in [0.05, 0.1) is 6.42 Å². The van der Waals surface area contributed by atoms with Crippen LogP contribution >= 0.6 is 0 Å². The van der Waals surface area contributed by atoms with E-state index in [-0.39, 0.29) is 11.9 Å². The van der Waals surface area contributed by atoms with Gasteiger partial charge in [-0.05, 0) is 19.4 Å². The molecular weight excluding hydrogens is 162 g/mol. The molecule has 0 aliphatic carbocycles. The Balaban J connectivity index is 2.46. The van der Waals surface area contributed by atoms with Gasteiger partial charge in [-0.25, -0.2) is 0 Å². The quantitative estimate of drug-likeness (QED) is 0.748. The van der Waals surface area contributed by atoms with Crippen molar-refractivity contribution < 1.29 is 4.79 Å². The van der Waals surface area contributed by atoms with Gasteiger partial charge < -0.3 is 5.32 Å². The second kappa shape index (κ2) is 4.65. The first-order valence-electron chi connectivity index (χ1n) is 4.52. The molecule has 0 fully saturated rings. The van der Waals surface area contributed by atoms with Crippen LogP contribution in [0.1, 0.15) is 19.4 Å². The van der Waals surface area contributed by atoms with Crippen molar-refractivity contribution in [3.05, 3.63) is 35.9 Å². The number of nitrogens with one attached hydrogen (secondary N) is 1. The lowest BCUT2D eigenvalue weighted by molar-refractivity contribution is -0.120. The van der Waals surface area contributed by atoms with Crippen molar-refractivity contribution >= 4 is 5.91 Å². The standard InChI is InChI=1S/C11H15NO/c1-9(2)12-11(13)8-10-6-4-3-5-7-10/h3-7,9H,8H2,1-2H3,(H,12,13). The molecule has 70 valence electrons. The first-order chi connectivity index (χ1) is 6.18. The number of hydrogen-bond donors (Lipinski definition) is 1. The Morgan fingerprint density at radius 3 is 2.46 bits per heavy atom. The van der Waals surface area contributed by atoms with Crippen molar-refractivity contribution in [2.75, 3.05) is 0 Å². The van der Waals surface area contributed by atoms with Gasteiger partial charge in [-0.3, -0.25) is 4.79 Å². The third kappa shape index (κ3) is 3.74. The van der Waals surface area contributed by atoms with Gasteiger partial charge in [0.2, 0.25) is 5.91 Å². The molecule has 0 saturated carbocycles. The highest BCUT2D eigenvalue weighted by Crippen LogP contribution is 1.99. The fourth-order valence-corrected chi connectivity index (χ4v) is 1.15. The summed E-state index contributed by atoms with van der Waals surface area (Å²) in [5.74, 6) is 0.0844. The number of rotatable bonds is 3. The number of carbonyl (C=O) groups is 1. The number of amides is 1. The van der Waals surface area contributed by atoms with Gasteiger partial charge in [0, 0.05) is 6.04 Å². The van der Waals surface area contributed by atoms with Gasteiger partial charge in [0.25, 0.3) is 0 Å². The SMILES string of the molecule is CC(C)NC(=O)Cc1ccccc1. The first-order valence-corrected chi connectivity index (χ1v) is 4.52. The lowest BCUT2D eigenvalue weighted by Crippen LogP contribution is -2.31. The topological polar surface area (TPSA) is 29.1 Å². The van der Waals surface area contributed by atoms with Crippen LogP contribution in [0, 0.1) is 0 Å². The minimum Gasteiger partial charge on any atom is -0.354 e. The minimum atomic E-state index is 0.0844. The van der Waals surface area contributed by atoms with Gasteiger partial charge in [-0.2, -0.15) is 0 Å². The molecule has 0 spiro atoms. The molecule has 2 heteroatoms. The lowest BCUT2D eigenvalue weighted by atomic mass is 10.1. The van der Waals surface area contributed by atoms with Crippen LogP contribution in [0.4, 0.5) is 0 Å². The molecule has 1 aromatic carbocycles. The Morgan fingerprint density at radius 1 is 1.31 bits per heavy atom. The summed E-state index contributed by atoms with van der Waals surface area (Å²) in [4.78, 5) is 11.3. The molecule has 0 aromatic heterocycles. The zero-order chi connectivity index (χ0) is 9.68. The van der Waals surface area contributed by atoms with Gasteiger partial charge in [0.1, 0.15) is 0 Å². The van der Waals surface area contributed by atoms with E-state index in [1.807, 2.05) is 44.2 Å². The number of benzene rings is 1. The Kier molecular flexibility index (Phi) is 3.50. The largest absolute Gasteiger partial charge is 0.354 e. The normalized spacial score (nSPS) is 10.1. The minimum absolute atomic E-state index is 0.0844. The molecule has 0 bridgehead atoms. The van der Waals surface area contributed by atoms with E-state index in [0.717, 1.165) is 5.56 Å². The molecule has 1 aromatic rings. The van der Waals surface area contributed by atoms with Gasteiger partial charge >= 0.3 is 0 Å². The third-order valence-electron chi connectivity index (χ3n) is 1.66. The smallest absolute Gasteiger partial charge is 0.224 e. The Morgan fingerprint density at radius 2 is 1.92 bits per heavy atom. The third-order valence-corrected chi connectivity index (χ3v) is 1.66. The molecule has 0 atom stereocenters. The summed E-state index contributed by atoms with van der Waals surface area (Å²) in [6.07, 6.45) is 0.471. The zero-order valence-corrected chi connectivity index (χ0v) is 8.08. The van der Waals surface area contributed by atoms with Crippen molar-refractivity contribution in [2.24, 2.45) is 0 Å². The van der Waals surface area contributed by atoms with Crippen molar-refractivity contribution in [3.8, 4) is 0 Å². The van der Waals surface area contributed by atoms with Crippen LogP contribution in [0.2, 0.25) is 0 Å². The van der Waals surface area contributed by atoms with E-state index in [1.54, 1.807) is 0 Å². The van der Waals surface area contributed by atoms with Crippen LogP contribution in [0.5, 0.6) is 0 Å². The number of hydrogen-bond acceptors (Lipinski definition) is 1. The summed E-state index contributed by atoms with van der Waals surface area (Å²) < 4.78 is 0. The van der Waals surface area contributed by atoms with E-state index in [9.17, 15) is 4.79 Å². The highest BCUT2D eigenvalue weighted by molar-refractivity contribution is 5.78. The Bertz CT molecular complexity index is 267. The molecule has 13 heavy (non-hydrogen) atoms. The predicted molar refractivity (Wildman–Crippen MR) is 53.4 cm³/mol. The maximum atomic E-state index is 11.3.